The molecule has 0 spiro atoms. The van der Waals surface area contributed by atoms with E-state index in [9.17, 15) is 18.0 Å². The van der Waals surface area contributed by atoms with E-state index in [1.54, 1.807) is 7.05 Å². The van der Waals surface area contributed by atoms with Crippen LogP contribution in [0.5, 0.6) is 0 Å². The largest absolute Gasteiger partial charge is 0.490 e. The van der Waals surface area contributed by atoms with Gasteiger partial charge in [-0.3, -0.25) is 4.57 Å². The molecule has 0 amide bonds. The van der Waals surface area contributed by atoms with Crippen molar-refractivity contribution in [3.8, 4) is 11.4 Å². The molecule has 1 aromatic carbocycles. The number of aromatic amines is 1. The Labute approximate surface area is 122 Å². The van der Waals surface area contributed by atoms with Crippen molar-refractivity contribution in [3.05, 3.63) is 40.3 Å². The third-order valence-corrected chi connectivity index (χ3v) is 2.60. The Morgan fingerprint density at radius 2 is 1.95 bits per heavy atom. The van der Waals surface area contributed by atoms with Gasteiger partial charge in [-0.15, -0.1) is 0 Å². The van der Waals surface area contributed by atoms with E-state index in [4.69, 9.17) is 15.6 Å². The van der Waals surface area contributed by atoms with Crippen LogP contribution in [0.4, 0.5) is 13.2 Å². The van der Waals surface area contributed by atoms with Gasteiger partial charge in [-0.1, -0.05) is 24.3 Å². The number of aliphatic carboxylic acids is 1. The lowest BCUT2D eigenvalue weighted by molar-refractivity contribution is -0.192. The van der Waals surface area contributed by atoms with Gasteiger partial charge in [-0.2, -0.15) is 18.3 Å². The van der Waals surface area contributed by atoms with Crippen LogP contribution in [-0.2, 0) is 18.4 Å². The van der Waals surface area contributed by atoms with Gasteiger partial charge >= 0.3 is 17.8 Å². The first-order chi connectivity index (χ1) is 10.2. The van der Waals surface area contributed by atoms with Crippen LogP contribution < -0.4 is 11.4 Å². The molecule has 2 aromatic rings. The van der Waals surface area contributed by atoms with E-state index in [-0.39, 0.29) is 5.69 Å². The molecule has 10 heteroatoms. The van der Waals surface area contributed by atoms with Crippen molar-refractivity contribution in [1.82, 2.24) is 14.8 Å². The summed E-state index contributed by atoms with van der Waals surface area (Å²) in [6.45, 7) is 0.428. The zero-order valence-corrected chi connectivity index (χ0v) is 11.4. The van der Waals surface area contributed by atoms with Crippen LogP contribution in [-0.4, -0.2) is 32.0 Å². The highest BCUT2D eigenvalue weighted by atomic mass is 19.4. The Hall–Kier alpha value is -2.62. The number of hydrogen-bond donors (Lipinski definition) is 3. The molecule has 0 saturated heterocycles. The number of halogens is 3. The average molecular weight is 318 g/mol. The molecule has 0 fully saturated rings. The Bertz CT molecular complexity index is 706. The van der Waals surface area contributed by atoms with Crippen LogP contribution in [0, 0.1) is 0 Å². The molecule has 2 rings (SSSR count). The van der Waals surface area contributed by atoms with Crippen LogP contribution in [0.2, 0.25) is 0 Å². The van der Waals surface area contributed by atoms with Crippen molar-refractivity contribution in [2.24, 2.45) is 12.8 Å². The van der Waals surface area contributed by atoms with Gasteiger partial charge in [0.05, 0.1) is 0 Å². The van der Waals surface area contributed by atoms with Crippen LogP contribution in [0.25, 0.3) is 11.4 Å². The first-order valence-corrected chi connectivity index (χ1v) is 5.88. The van der Waals surface area contributed by atoms with Crippen molar-refractivity contribution in [1.29, 1.82) is 0 Å². The lowest BCUT2D eigenvalue weighted by Gasteiger charge is -2.05. The minimum atomic E-state index is -5.08. The Balaban J connectivity index is 0.000000295. The first kappa shape index (κ1) is 17.4. The fraction of sp³-hybridized carbons (Fsp3) is 0.250. The van der Waals surface area contributed by atoms with E-state index >= 15 is 0 Å². The second kappa shape index (κ2) is 6.89. The number of carboxylic acids is 1. The summed E-state index contributed by atoms with van der Waals surface area (Å²) < 4.78 is 33.2. The maximum Gasteiger partial charge on any atom is 0.490 e. The van der Waals surface area contributed by atoms with Crippen LogP contribution in [0.15, 0.2) is 29.1 Å². The van der Waals surface area contributed by atoms with Crippen molar-refractivity contribution in [2.75, 3.05) is 0 Å². The summed E-state index contributed by atoms with van der Waals surface area (Å²) in [6.07, 6.45) is -5.08. The number of nitrogens with zero attached hydrogens (tertiary/aromatic N) is 2. The fourth-order valence-corrected chi connectivity index (χ4v) is 1.50. The highest BCUT2D eigenvalue weighted by molar-refractivity contribution is 5.73. The molecule has 0 radical (unpaired) electrons. The van der Waals surface area contributed by atoms with Gasteiger partial charge in [0, 0.05) is 19.2 Å². The molecule has 0 saturated carbocycles. The molecule has 0 atom stereocenters. The predicted molar refractivity (Wildman–Crippen MR) is 70.8 cm³/mol. The molecule has 22 heavy (non-hydrogen) atoms. The average Bonchev–Trinajstić information content (AvgIpc) is 2.78. The number of H-pyrrole nitrogens is 1. The highest BCUT2D eigenvalue weighted by Gasteiger charge is 2.38. The molecular weight excluding hydrogens is 305 g/mol. The van der Waals surface area contributed by atoms with Crippen LogP contribution in [0.1, 0.15) is 5.56 Å². The van der Waals surface area contributed by atoms with Gasteiger partial charge in [-0.25, -0.2) is 14.7 Å². The van der Waals surface area contributed by atoms with Crippen molar-refractivity contribution in [2.45, 2.75) is 12.7 Å². The number of carbonyl (C=O) groups is 1. The molecule has 0 bridgehead atoms. The maximum absolute atomic E-state index is 11.2. The van der Waals surface area contributed by atoms with E-state index in [0.717, 1.165) is 11.1 Å². The van der Waals surface area contributed by atoms with Crippen molar-refractivity contribution < 1.29 is 23.1 Å². The number of benzene rings is 1. The van der Waals surface area contributed by atoms with E-state index in [1.165, 1.54) is 4.57 Å². The number of hydrogen-bond acceptors (Lipinski definition) is 4. The highest BCUT2D eigenvalue weighted by Crippen LogP contribution is 2.19. The van der Waals surface area contributed by atoms with Gasteiger partial charge in [0.2, 0.25) is 0 Å². The first-order valence-electron chi connectivity index (χ1n) is 5.88. The normalized spacial score (nSPS) is 10.8. The topological polar surface area (TPSA) is 114 Å². The second-order valence-corrected chi connectivity index (χ2v) is 4.08. The molecule has 4 N–H and O–H groups in total. The minimum Gasteiger partial charge on any atom is -0.475 e. The summed E-state index contributed by atoms with van der Waals surface area (Å²) in [5.74, 6) is -2.14. The quantitative estimate of drug-likeness (QED) is 0.760. The molecule has 7 nitrogen and oxygen atoms in total. The Morgan fingerprint density at radius 3 is 2.36 bits per heavy atom. The summed E-state index contributed by atoms with van der Waals surface area (Å²) in [7, 11) is 1.68. The smallest absolute Gasteiger partial charge is 0.475 e. The molecular formula is C12H13F3N4O3. The molecule has 0 aliphatic rings. The zero-order chi connectivity index (χ0) is 16.9. The monoisotopic (exact) mass is 318 g/mol. The Kier molecular flexibility index (Phi) is 5.46. The summed E-state index contributed by atoms with van der Waals surface area (Å²) in [4.78, 5) is 20.1. The minimum absolute atomic E-state index is 0.225. The van der Waals surface area contributed by atoms with Crippen molar-refractivity contribution >= 4 is 5.97 Å². The number of nitrogens with two attached hydrogens (primary N) is 1. The summed E-state index contributed by atoms with van der Waals surface area (Å²) >= 11 is 0. The molecule has 1 aromatic heterocycles. The molecule has 0 aliphatic carbocycles. The third kappa shape index (κ3) is 4.19. The van der Waals surface area contributed by atoms with Gasteiger partial charge in [0.25, 0.3) is 0 Å². The maximum atomic E-state index is 11.2. The number of nitrogens with one attached hydrogen (secondary N) is 1. The van der Waals surface area contributed by atoms with Crippen LogP contribution >= 0.6 is 0 Å². The lowest BCUT2D eigenvalue weighted by atomic mass is 10.1. The third-order valence-electron chi connectivity index (χ3n) is 2.60. The van der Waals surface area contributed by atoms with E-state index in [1.807, 2.05) is 24.3 Å². The Morgan fingerprint density at radius 1 is 1.41 bits per heavy atom. The molecule has 120 valence electrons. The number of carboxylic acid groups (broad SMARTS) is 1. The van der Waals surface area contributed by atoms with Crippen molar-refractivity contribution in [3.63, 3.8) is 0 Å². The second-order valence-electron chi connectivity index (χ2n) is 4.08. The fourth-order valence-electron chi connectivity index (χ4n) is 1.50. The number of aromatic nitrogens is 3. The SMILES string of the molecule is Cn1c(-c2ccccc2CN)n[nH]c1=O.O=C(O)C(F)(F)F. The van der Waals surface area contributed by atoms with Gasteiger partial charge < -0.3 is 10.8 Å². The predicted octanol–water partition coefficient (Wildman–Crippen LogP) is 0.867. The molecule has 0 aliphatic heterocycles. The van der Waals surface area contributed by atoms with Gasteiger partial charge in [-0.05, 0) is 5.56 Å². The standard InChI is InChI=1S/C10H12N4O.C2HF3O2/c1-14-9(12-13-10(14)15)8-5-3-2-4-7(8)6-11;3-2(4,5)1(6)7/h2-5H,6,11H2,1H3,(H,13,15);(H,6,7). The summed E-state index contributed by atoms with van der Waals surface area (Å²) in [5.41, 5.74) is 7.26. The molecule has 1 heterocycles. The van der Waals surface area contributed by atoms with E-state index in [2.05, 4.69) is 10.2 Å². The van der Waals surface area contributed by atoms with E-state index in [0.29, 0.717) is 12.4 Å². The summed E-state index contributed by atoms with van der Waals surface area (Å²) in [5, 5.41) is 13.5. The summed E-state index contributed by atoms with van der Waals surface area (Å²) in [6, 6.07) is 7.64. The van der Waals surface area contributed by atoms with E-state index < -0.39 is 12.1 Å². The molecule has 0 unspecified atom stereocenters. The zero-order valence-electron chi connectivity index (χ0n) is 11.4. The van der Waals surface area contributed by atoms with Gasteiger partial charge in [0.15, 0.2) is 5.82 Å². The number of rotatable bonds is 2. The lowest BCUT2D eigenvalue weighted by Crippen LogP contribution is -2.21. The number of alkyl halides is 3. The van der Waals surface area contributed by atoms with Gasteiger partial charge in [0.1, 0.15) is 0 Å². The van der Waals surface area contributed by atoms with Crippen LogP contribution in [0.3, 0.4) is 0 Å².